The van der Waals surface area contributed by atoms with E-state index in [1.165, 1.54) is 12.2 Å². The van der Waals surface area contributed by atoms with Gasteiger partial charge in [-0.1, -0.05) is 51.1 Å². The molecule has 5 heteroatoms. The minimum atomic E-state index is -0.439. The van der Waals surface area contributed by atoms with Crippen molar-refractivity contribution in [2.24, 2.45) is 11.8 Å². The number of hydrogen-bond acceptors (Lipinski definition) is 4. The molecule has 1 heterocycles. The van der Waals surface area contributed by atoms with Gasteiger partial charge in [-0.2, -0.15) is 0 Å². The minimum Gasteiger partial charge on any atom is -0.344 e. The number of hydroxylamine groups is 2. The van der Waals surface area contributed by atoms with E-state index in [1.807, 2.05) is 30.3 Å². The van der Waals surface area contributed by atoms with E-state index in [0.717, 1.165) is 5.56 Å². The van der Waals surface area contributed by atoms with Crippen molar-refractivity contribution in [2.75, 3.05) is 14.2 Å². The van der Waals surface area contributed by atoms with Crippen LogP contribution in [-0.4, -0.2) is 37.3 Å². The molecule has 0 bridgehead atoms. The zero-order valence-electron chi connectivity index (χ0n) is 14.6. The van der Waals surface area contributed by atoms with Gasteiger partial charge in [-0.3, -0.25) is 9.63 Å². The zero-order chi connectivity index (χ0) is 17.0. The summed E-state index contributed by atoms with van der Waals surface area (Å²) in [4.78, 5) is 17.2. The molecule has 1 aromatic rings. The number of nitrogens with zero attached hydrogens (tertiary/aromatic N) is 1. The lowest BCUT2D eigenvalue weighted by Crippen LogP contribution is -2.46. The molecule has 1 amide bonds. The van der Waals surface area contributed by atoms with Crippen LogP contribution in [0.15, 0.2) is 30.3 Å². The Morgan fingerprint density at radius 1 is 1.26 bits per heavy atom. The largest absolute Gasteiger partial charge is 0.344 e. The second kappa shape index (κ2) is 7.90. The van der Waals surface area contributed by atoms with Crippen molar-refractivity contribution in [1.82, 2.24) is 5.06 Å². The number of carbonyl (C=O) groups is 1. The topological polar surface area (TPSA) is 48.0 Å². The fourth-order valence-corrected chi connectivity index (χ4v) is 2.96. The van der Waals surface area contributed by atoms with Crippen molar-refractivity contribution < 1.29 is 19.1 Å². The highest BCUT2D eigenvalue weighted by Crippen LogP contribution is 2.37. The van der Waals surface area contributed by atoms with Gasteiger partial charge in [0.2, 0.25) is 5.91 Å². The molecule has 2 rings (SSSR count). The molecular formula is C18H27NO4. The van der Waals surface area contributed by atoms with Crippen LogP contribution in [0.5, 0.6) is 0 Å². The third kappa shape index (κ3) is 4.31. The highest BCUT2D eigenvalue weighted by atomic mass is 16.7. The van der Waals surface area contributed by atoms with Crippen molar-refractivity contribution in [2.45, 2.75) is 45.7 Å². The quantitative estimate of drug-likeness (QED) is 0.782. The van der Waals surface area contributed by atoms with Gasteiger partial charge in [0.25, 0.3) is 0 Å². The smallest absolute Gasteiger partial charge is 0.248 e. The lowest BCUT2D eigenvalue weighted by molar-refractivity contribution is -0.280. The number of hydrogen-bond donors (Lipinski definition) is 0. The molecule has 0 aliphatic carbocycles. The van der Waals surface area contributed by atoms with Crippen molar-refractivity contribution >= 4 is 5.91 Å². The number of ether oxygens (including phenoxy) is 2. The summed E-state index contributed by atoms with van der Waals surface area (Å²) in [7, 11) is 3.09. The first-order chi connectivity index (χ1) is 10.9. The minimum absolute atomic E-state index is 0.0413. The molecule has 1 fully saturated rings. The van der Waals surface area contributed by atoms with Gasteiger partial charge < -0.3 is 9.47 Å². The van der Waals surface area contributed by atoms with Crippen LogP contribution in [0.4, 0.5) is 0 Å². The average molecular weight is 321 g/mol. The van der Waals surface area contributed by atoms with E-state index in [0.29, 0.717) is 5.92 Å². The maximum atomic E-state index is 12.2. The monoisotopic (exact) mass is 321 g/mol. The van der Waals surface area contributed by atoms with E-state index in [2.05, 4.69) is 20.8 Å². The van der Waals surface area contributed by atoms with Gasteiger partial charge in [0, 0.05) is 18.5 Å². The van der Waals surface area contributed by atoms with Crippen LogP contribution in [0.25, 0.3) is 0 Å². The Hall–Kier alpha value is -1.43. The van der Waals surface area contributed by atoms with Crippen LogP contribution < -0.4 is 0 Å². The second-order valence-electron chi connectivity index (χ2n) is 6.40. The lowest BCUT2D eigenvalue weighted by atomic mass is 9.87. The van der Waals surface area contributed by atoms with Gasteiger partial charge in [0.15, 0.2) is 6.29 Å². The highest BCUT2D eigenvalue weighted by Gasteiger charge is 2.40. The molecule has 1 saturated heterocycles. The molecule has 1 aliphatic heterocycles. The Morgan fingerprint density at radius 2 is 1.91 bits per heavy atom. The van der Waals surface area contributed by atoms with Gasteiger partial charge in [-0.05, 0) is 5.92 Å². The maximum absolute atomic E-state index is 12.2. The second-order valence-corrected chi connectivity index (χ2v) is 6.40. The molecule has 0 aromatic heterocycles. The van der Waals surface area contributed by atoms with E-state index >= 15 is 0 Å². The standard InChI is InChI=1S/C18H27NO4/c1-12(2)17-13(3)15(11-16(20)19(4)21-5)22-18(23-17)14-9-7-6-8-10-14/h6-10,12-13,15,17-18H,11H2,1-5H3/t13-,15+,17-,18+/m0/s1. The fraction of sp³-hybridized carbons (Fsp3) is 0.611. The van der Waals surface area contributed by atoms with Gasteiger partial charge in [0.05, 0.1) is 25.7 Å². The Kier molecular flexibility index (Phi) is 6.16. The van der Waals surface area contributed by atoms with Crippen molar-refractivity contribution in [3.05, 3.63) is 35.9 Å². The van der Waals surface area contributed by atoms with Gasteiger partial charge in [-0.15, -0.1) is 0 Å². The van der Waals surface area contributed by atoms with Crippen molar-refractivity contribution in [1.29, 1.82) is 0 Å². The first-order valence-electron chi connectivity index (χ1n) is 8.10. The summed E-state index contributed by atoms with van der Waals surface area (Å²) in [6.45, 7) is 6.35. The summed E-state index contributed by atoms with van der Waals surface area (Å²) in [6.07, 6.45) is -0.321. The number of carbonyl (C=O) groups excluding carboxylic acids is 1. The van der Waals surface area contributed by atoms with Gasteiger partial charge >= 0.3 is 0 Å². The van der Waals surface area contributed by atoms with Crippen LogP contribution in [0.3, 0.4) is 0 Å². The van der Waals surface area contributed by atoms with Crippen LogP contribution in [0.2, 0.25) is 0 Å². The van der Waals surface area contributed by atoms with E-state index in [9.17, 15) is 4.79 Å². The summed E-state index contributed by atoms with van der Waals surface area (Å²) in [5, 5.41) is 1.24. The molecule has 0 unspecified atom stereocenters. The van der Waals surface area contributed by atoms with E-state index in [4.69, 9.17) is 14.3 Å². The number of amides is 1. The molecule has 23 heavy (non-hydrogen) atoms. The summed E-state index contributed by atoms with van der Waals surface area (Å²) >= 11 is 0. The summed E-state index contributed by atoms with van der Waals surface area (Å²) in [5.41, 5.74) is 0.975. The van der Waals surface area contributed by atoms with Gasteiger partial charge in [0.1, 0.15) is 0 Å². The summed E-state index contributed by atoms with van der Waals surface area (Å²) in [6, 6.07) is 9.85. The summed E-state index contributed by atoms with van der Waals surface area (Å²) < 4.78 is 12.3. The third-order valence-corrected chi connectivity index (χ3v) is 4.41. The van der Waals surface area contributed by atoms with E-state index < -0.39 is 6.29 Å². The first kappa shape index (κ1) is 17.9. The lowest BCUT2D eigenvalue weighted by Gasteiger charge is -2.42. The Balaban J connectivity index is 2.17. The van der Waals surface area contributed by atoms with Crippen LogP contribution in [0.1, 0.15) is 39.0 Å². The zero-order valence-corrected chi connectivity index (χ0v) is 14.6. The van der Waals surface area contributed by atoms with E-state index in [-0.39, 0.29) is 30.5 Å². The van der Waals surface area contributed by atoms with Crippen LogP contribution in [0, 0.1) is 11.8 Å². The molecule has 1 aromatic carbocycles. The maximum Gasteiger partial charge on any atom is 0.248 e. The molecule has 0 N–H and O–H groups in total. The number of benzene rings is 1. The fourth-order valence-electron chi connectivity index (χ4n) is 2.96. The van der Waals surface area contributed by atoms with Crippen LogP contribution >= 0.6 is 0 Å². The van der Waals surface area contributed by atoms with Crippen molar-refractivity contribution in [3.63, 3.8) is 0 Å². The normalized spacial score (nSPS) is 27.9. The van der Waals surface area contributed by atoms with E-state index in [1.54, 1.807) is 7.05 Å². The first-order valence-corrected chi connectivity index (χ1v) is 8.10. The van der Waals surface area contributed by atoms with Gasteiger partial charge in [-0.25, -0.2) is 5.06 Å². The molecule has 4 atom stereocenters. The SMILES string of the molecule is CON(C)C(=O)C[C@H]1O[C@@H](c2ccccc2)O[C@@H](C(C)C)[C@H]1C. The average Bonchev–Trinajstić information content (AvgIpc) is 2.56. The van der Waals surface area contributed by atoms with Crippen molar-refractivity contribution in [3.8, 4) is 0 Å². The molecule has 0 radical (unpaired) electrons. The number of rotatable bonds is 5. The molecule has 5 nitrogen and oxygen atoms in total. The third-order valence-electron chi connectivity index (χ3n) is 4.41. The molecule has 0 spiro atoms. The molecule has 1 aliphatic rings. The highest BCUT2D eigenvalue weighted by molar-refractivity contribution is 5.75. The molecule has 0 saturated carbocycles. The summed E-state index contributed by atoms with van der Waals surface area (Å²) in [5.74, 6) is 0.377. The predicted octanol–water partition coefficient (Wildman–Crippen LogP) is 3.17. The Labute approximate surface area is 138 Å². The van der Waals surface area contributed by atoms with Crippen LogP contribution in [-0.2, 0) is 19.1 Å². The predicted molar refractivity (Wildman–Crippen MR) is 87.3 cm³/mol. The molecular weight excluding hydrogens is 294 g/mol. The molecule has 128 valence electrons. The Bertz CT molecular complexity index is 505. The Morgan fingerprint density at radius 3 is 2.48 bits per heavy atom.